The van der Waals surface area contributed by atoms with Gasteiger partial charge in [0.25, 0.3) is 5.91 Å². The van der Waals surface area contributed by atoms with Crippen molar-refractivity contribution in [2.45, 2.75) is 63.6 Å². The molecule has 246 valence electrons. The smallest absolute Gasteiger partial charge is 0.410 e. The van der Waals surface area contributed by atoms with Crippen LogP contribution in [0.5, 0.6) is 5.75 Å². The van der Waals surface area contributed by atoms with Crippen LogP contribution in [0, 0.1) is 0 Å². The molecule has 0 radical (unpaired) electrons. The van der Waals surface area contributed by atoms with E-state index in [1.165, 1.54) is 10.5 Å². The van der Waals surface area contributed by atoms with Gasteiger partial charge in [0.1, 0.15) is 18.4 Å². The standard InChI is InChI=1S/C37H42N4O6/c42-34-18-15-28-10-4-5-11-32(28)41(34)30-19-23-39(24-20-30)36(44)29-13-16-31(17-14-29)46-25-7-21-38-35(43)33-12-6-22-40(33)37(45)47-26-27-8-2-1-3-9-27/h1-5,8-11,13-14,16-17,30,33H,6-7,12,15,18-26H2,(H,38,43)/t33-/m1/s1. The van der Waals surface area contributed by atoms with Crippen molar-refractivity contribution >= 4 is 29.5 Å². The Balaban J connectivity index is 0.897. The molecule has 3 aliphatic heterocycles. The molecule has 4 amide bonds. The van der Waals surface area contributed by atoms with Crippen LogP contribution in [0.3, 0.4) is 0 Å². The summed E-state index contributed by atoms with van der Waals surface area (Å²) < 4.78 is 11.3. The zero-order valence-corrected chi connectivity index (χ0v) is 26.6. The predicted octanol–water partition coefficient (Wildman–Crippen LogP) is 4.96. The molecule has 3 aliphatic rings. The average molecular weight is 639 g/mol. The van der Waals surface area contributed by atoms with E-state index in [1.807, 2.05) is 58.3 Å². The molecule has 0 bridgehead atoms. The molecule has 0 unspecified atom stereocenters. The van der Waals surface area contributed by atoms with E-state index in [1.54, 1.807) is 24.3 Å². The number of likely N-dealkylation sites (tertiary alicyclic amines) is 2. The predicted molar refractivity (Wildman–Crippen MR) is 177 cm³/mol. The maximum Gasteiger partial charge on any atom is 0.410 e. The summed E-state index contributed by atoms with van der Waals surface area (Å²) in [6.45, 7) is 2.70. The van der Waals surface area contributed by atoms with Gasteiger partial charge in [-0.25, -0.2) is 4.79 Å². The van der Waals surface area contributed by atoms with E-state index in [0.717, 1.165) is 36.9 Å². The summed E-state index contributed by atoms with van der Waals surface area (Å²) in [7, 11) is 0. The highest BCUT2D eigenvalue weighted by Gasteiger charge is 2.35. The van der Waals surface area contributed by atoms with E-state index in [0.29, 0.717) is 63.4 Å². The van der Waals surface area contributed by atoms with Gasteiger partial charge in [-0.05, 0) is 80.0 Å². The average Bonchev–Trinajstić information content (AvgIpc) is 3.62. The number of nitrogens with one attached hydrogen (secondary N) is 1. The van der Waals surface area contributed by atoms with E-state index < -0.39 is 12.1 Å². The third kappa shape index (κ3) is 7.76. The number of aryl methyl sites for hydroxylation is 1. The van der Waals surface area contributed by atoms with Crippen molar-refractivity contribution in [3.05, 3.63) is 95.6 Å². The summed E-state index contributed by atoms with van der Waals surface area (Å²) in [5.41, 5.74) is 3.74. The van der Waals surface area contributed by atoms with Gasteiger partial charge in [0.15, 0.2) is 0 Å². The van der Waals surface area contributed by atoms with Crippen molar-refractivity contribution in [3.63, 3.8) is 0 Å². The van der Waals surface area contributed by atoms with Crippen molar-refractivity contribution in [1.29, 1.82) is 0 Å². The van der Waals surface area contributed by atoms with Gasteiger partial charge in [-0.1, -0.05) is 48.5 Å². The number of piperidine rings is 1. The van der Waals surface area contributed by atoms with Gasteiger partial charge in [0.2, 0.25) is 11.8 Å². The Kier molecular flexibility index (Phi) is 10.3. The lowest BCUT2D eigenvalue weighted by Crippen LogP contribution is -2.50. The van der Waals surface area contributed by atoms with Crippen molar-refractivity contribution in [2.24, 2.45) is 0 Å². The minimum absolute atomic E-state index is 0.0204. The molecule has 0 saturated carbocycles. The van der Waals surface area contributed by atoms with E-state index in [9.17, 15) is 19.2 Å². The quantitative estimate of drug-likeness (QED) is 0.315. The molecule has 0 aromatic heterocycles. The van der Waals surface area contributed by atoms with Gasteiger partial charge in [0, 0.05) is 49.9 Å². The second-order valence-corrected chi connectivity index (χ2v) is 12.3. The Bertz CT molecular complexity index is 1550. The Labute approximate surface area is 275 Å². The van der Waals surface area contributed by atoms with Crippen molar-refractivity contribution in [3.8, 4) is 5.75 Å². The Morgan fingerprint density at radius 1 is 0.830 bits per heavy atom. The highest BCUT2D eigenvalue weighted by molar-refractivity contribution is 5.97. The number of anilines is 1. The number of amides is 4. The highest BCUT2D eigenvalue weighted by Crippen LogP contribution is 2.32. The number of benzene rings is 3. The fraction of sp³-hybridized carbons (Fsp3) is 0.405. The molecule has 0 spiro atoms. The van der Waals surface area contributed by atoms with Crippen LogP contribution >= 0.6 is 0 Å². The summed E-state index contributed by atoms with van der Waals surface area (Å²) in [6.07, 6.45) is 4.31. The third-order valence-electron chi connectivity index (χ3n) is 9.23. The van der Waals surface area contributed by atoms with Gasteiger partial charge < -0.3 is 24.6 Å². The first kappa shape index (κ1) is 32.1. The zero-order chi connectivity index (χ0) is 32.6. The number of ether oxygens (including phenoxy) is 2. The number of carbonyl (C=O) groups is 4. The maximum atomic E-state index is 13.2. The number of para-hydroxylation sites is 1. The number of rotatable bonds is 10. The summed E-state index contributed by atoms with van der Waals surface area (Å²) in [5, 5.41) is 2.92. The van der Waals surface area contributed by atoms with Gasteiger partial charge >= 0.3 is 6.09 Å². The maximum absolute atomic E-state index is 13.2. The molecule has 47 heavy (non-hydrogen) atoms. The van der Waals surface area contributed by atoms with Crippen LogP contribution in [0.15, 0.2) is 78.9 Å². The molecule has 1 atom stereocenters. The van der Waals surface area contributed by atoms with Crippen LogP contribution in [0.2, 0.25) is 0 Å². The van der Waals surface area contributed by atoms with Crippen LogP contribution in [-0.4, -0.2) is 78.5 Å². The minimum atomic E-state index is -0.529. The van der Waals surface area contributed by atoms with E-state index >= 15 is 0 Å². The molecule has 10 heteroatoms. The Morgan fingerprint density at radius 2 is 1.57 bits per heavy atom. The highest BCUT2D eigenvalue weighted by atomic mass is 16.6. The lowest BCUT2D eigenvalue weighted by atomic mass is 9.95. The molecule has 1 N–H and O–H groups in total. The minimum Gasteiger partial charge on any atom is -0.494 e. The van der Waals surface area contributed by atoms with E-state index in [2.05, 4.69) is 11.4 Å². The monoisotopic (exact) mass is 638 g/mol. The number of nitrogens with zero attached hydrogens (tertiary/aromatic N) is 3. The van der Waals surface area contributed by atoms with Crippen LogP contribution in [0.25, 0.3) is 0 Å². The Morgan fingerprint density at radius 3 is 2.36 bits per heavy atom. The normalized spacial score (nSPS) is 18.1. The number of carbonyl (C=O) groups excluding carboxylic acids is 4. The van der Waals surface area contributed by atoms with Crippen LogP contribution in [0.4, 0.5) is 10.5 Å². The first-order chi connectivity index (χ1) is 23.0. The summed E-state index contributed by atoms with van der Waals surface area (Å²) >= 11 is 0. The van der Waals surface area contributed by atoms with Crippen molar-refractivity contribution in [1.82, 2.24) is 15.1 Å². The first-order valence-corrected chi connectivity index (χ1v) is 16.6. The second kappa shape index (κ2) is 15.2. The molecule has 10 nitrogen and oxygen atoms in total. The molecule has 2 fully saturated rings. The van der Waals surface area contributed by atoms with Gasteiger partial charge in [-0.3, -0.25) is 19.3 Å². The molecular weight excluding hydrogens is 596 g/mol. The fourth-order valence-electron chi connectivity index (χ4n) is 6.71. The van der Waals surface area contributed by atoms with Crippen molar-refractivity contribution < 1.29 is 28.7 Å². The SMILES string of the molecule is O=C(NCCCOc1ccc(C(=O)N2CCC(N3C(=O)CCc4ccccc43)CC2)cc1)[C@H]1CCCN1C(=O)OCc1ccccc1. The largest absolute Gasteiger partial charge is 0.494 e. The molecule has 3 aromatic rings. The molecule has 6 rings (SSSR count). The molecule has 3 aromatic carbocycles. The molecule has 0 aliphatic carbocycles. The molecule has 2 saturated heterocycles. The first-order valence-electron chi connectivity index (χ1n) is 16.6. The van der Waals surface area contributed by atoms with Gasteiger partial charge in [0.05, 0.1) is 6.61 Å². The molecular formula is C37H42N4O6. The number of hydrogen-bond acceptors (Lipinski definition) is 6. The topological polar surface area (TPSA) is 108 Å². The van der Waals surface area contributed by atoms with Crippen LogP contribution < -0.4 is 15.0 Å². The number of fused-ring (bicyclic) bond motifs is 1. The summed E-state index contributed by atoms with van der Waals surface area (Å²) in [6, 6.07) is 24.3. The van der Waals surface area contributed by atoms with Crippen LogP contribution in [-0.2, 0) is 27.4 Å². The van der Waals surface area contributed by atoms with Gasteiger partial charge in [-0.2, -0.15) is 0 Å². The van der Waals surface area contributed by atoms with Crippen LogP contribution in [0.1, 0.15) is 60.0 Å². The summed E-state index contributed by atoms with van der Waals surface area (Å²) in [5.74, 6) is 0.618. The summed E-state index contributed by atoms with van der Waals surface area (Å²) in [4.78, 5) is 56.8. The Hall–Kier alpha value is -4.86. The number of hydrogen-bond donors (Lipinski definition) is 1. The van der Waals surface area contributed by atoms with Gasteiger partial charge in [-0.15, -0.1) is 0 Å². The van der Waals surface area contributed by atoms with E-state index in [-0.39, 0.29) is 30.4 Å². The second-order valence-electron chi connectivity index (χ2n) is 12.3. The van der Waals surface area contributed by atoms with E-state index in [4.69, 9.17) is 9.47 Å². The zero-order valence-electron chi connectivity index (χ0n) is 26.6. The third-order valence-corrected chi connectivity index (χ3v) is 9.23. The molecule has 3 heterocycles. The fourth-order valence-corrected chi connectivity index (χ4v) is 6.71. The lowest BCUT2D eigenvalue weighted by molar-refractivity contribution is -0.125. The van der Waals surface area contributed by atoms with Crippen molar-refractivity contribution in [2.75, 3.05) is 37.7 Å². The lowest BCUT2D eigenvalue weighted by Gasteiger charge is -2.41.